The van der Waals surface area contributed by atoms with Gasteiger partial charge in [0.15, 0.2) is 6.61 Å². The maximum atomic E-state index is 12.6. The van der Waals surface area contributed by atoms with E-state index in [1.165, 1.54) is 5.56 Å². The summed E-state index contributed by atoms with van der Waals surface area (Å²) in [7, 11) is 1.69. The Labute approximate surface area is 168 Å². The van der Waals surface area contributed by atoms with Gasteiger partial charge in [-0.15, -0.1) is 11.3 Å². The van der Waals surface area contributed by atoms with E-state index in [9.17, 15) is 4.79 Å². The molecule has 0 unspecified atom stereocenters. The van der Waals surface area contributed by atoms with Gasteiger partial charge in [0.25, 0.3) is 5.91 Å². The van der Waals surface area contributed by atoms with Crippen molar-refractivity contribution >= 4 is 22.9 Å². The normalized spacial score (nSPS) is 13.4. The summed E-state index contributed by atoms with van der Waals surface area (Å²) in [5, 5.41) is 3.08. The van der Waals surface area contributed by atoms with Gasteiger partial charge in [0.2, 0.25) is 0 Å². The van der Waals surface area contributed by atoms with E-state index in [-0.39, 0.29) is 12.5 Å². The SMILES string of the molecule is COCCc1nc(-c2ccc3c(c2)N(Cc2ccc(C)cc2)C(=O)CO3)cs1. The van der Waals surface area contributed by atoms with Gasteiger partial charge in [-0.25, -0.2) is 4.98 Å². The predicted molar refractivity (Wildman–Crippen MR) is 111 cm³/mol. The van der Waals surface area contributed by atoms with Gasteiger partial charge in [0.1, 0.15) is 5.75 Å². The lowest BCUT2D eigenvalue weighted by Crippen LogP contribution is -2.38. The smallest absolute Gasteiger partial charge is 0.265 e. The second-order valence-corrected chi connectivity index (χ2v) is 7.75. The Bertz CT molecular complexity index is 982. The van der Waals surface area contributed by atoms with Crippen LogP contribution in [-0.4, -0.2) is 31.2 Å². The fourth-order valence-electron chi connectivity index (χ4n) is 3.16. The Morgan fingerprint density at radius 3 is 2.82 bits per heavy atom. The lowest BCUT2D eigenvalue weighted by molar-refractivity contribution is -0.121. The molecular weight excluding hydrogens is 372 g/mol. The highest BCUT2D eigenvalue weighted by molar-refractivity contribution is 7.09. The average Bonchev–Trinajstić information content (AvgIpc) is 3.19. The van der Waals surface area contributed by atoms with E-state index in [0.29, 0.717) is 13.2 Å². The number of ether oxygens (including phenoxy) is 2. The van der Waals surface area contributed by atoms with Crippen LogP contribution in [0.15, 0.2) is 47.8 Å². The van der Waals surface area contributed by atoms with Crippen LogP contribution in [0.3, 0.4) is 0 Å². The largest absolute Gasteiger partial charge is 0.482 e. The quantitative estimate of drug-likeness (QED) is 0.628. The average molecular weight is 394 g/mol. The Morgan fingerprint density at radius 1 is 1.21 bits per heavy atom. The summed E-state index contributed by atoms with van der Waals surface area (Å²) in [5.74, 6) is 0.689. The zero-order valence-electron chi connectivity index (χ0n) is 16.0. The number of hydrogen-bond donors (Lipinski definition) is 0. The van der Waals surface area contributed by atoms with Crippen LogP contribution < -0.4 is 9.64 Å². The highest BCUT2D eigenvalue weighted by atomic mass is 32.1. The fourth-order valence-corrected chi connectivity index (χ4v) is 3.95. The van der Waals surface area contributed by atoms with Crippen molar-refractivity contribution < 1.29 is 14.3 Å². The minimum Gasteiger partial charge on any atom is -0.482 e. The molecule has 5 nitrogen and oxygen atoms in total. The van der Waals surface area contributed by atoms with Crippen LogP contribution in [0.1, 0.15) is 16.1 Å². The van der Waals surface area contributed by atoms with Crippen molar-refractivity contribution in [2.45, 2.75) is 19.9 Å². The van der Waals surface area contributed by atoms with Crippen molar-refractivity contribution in [3.05, 3.63) is 64.0 Å². The number of aryl methyl sites for hydroxylation is 1. The molecule has 2 aromatic carbocycles. The zero-order chi connectivity index (χ0) is 19.5. The fraction of sp³-hybridized carbons (Fsp3) is 0.273. The van der Waals surface area contributed by atoms with Gasteiger partial charge in [0, 0.05) is 24.5 Å². The molecule has 144 valence electrons. The van der Waals surface area contributed by atoms with Gasteiger partial charge in [-0.2, -0.15) is 0 Å². The molecule has 6 heteroatoms. The number of carbonyl (C=O) groups excluding carboxylic acids is 1. The molecule has 1 aromatic heterocycles. The number of hydrogen-bond acceptors (Lipinski definition) is 5. The molecular formula is C22H22N2O3S. The molecule has 28 heavy (non-hydrogen) atoms. The summed E-state index contributed by atoms with van der Waals surface area (Å²) in [6, 6.07) is 14.2. The van der Waals surface area contributed by atoms with Crippen LogP contribution in [0.5, 0.6) is 5.75 Å². The summed E-state index contributed by atoms with van der Waals surface area (Å²) >= 11 is 1.62. The van der Waals surface area contributed by atoms with Crippen LogP contribution in [-0.2, 0) is 22.5 Å². The van der Waals surface area contributed by atoms with Gasteiger partial charge in [-0.1, -0.05) is 29.8 Å². The third-order valence-electron chi connectivity index (χ3n) is 4.73. The van der Waals surface area contributed by atoms with Crippen LogP contribution in [0.4, 0.5) is 5.69 Å². The number of methoxy groups -OCH3 is 1. The van der Waals surface area contributed by atoms with E-state index in [1.807, 2.05) is 23.6 Å². The molecule has 0 fully saturated rings. The van der Waals surface area contributed by atoms with E-state index < -0.39 is 0 Å². The summed E-state index contributed by atoms with van der Waals surface area (Å²) in [4.78, 5) is 19.1. The first kappa shape index (κ1) is 18.7. The first-order valence-electron chi connectivity index (χ1n) is 9.20. The zero-order valence-corrected chi connectivity index (χ0v) is 16.8. The number of anilines is 1. The Balaban J connectivity index is 1.63. The summed E-state index contributed by atoms with van der Waals surface area (Å²) in [6.45, 7) is 3.30. The van der Waals surface area contributed by atoms with Crippen molar-refractivity contribution in [1.29, 1.82) is 0 Å². The van der Waals surface area contributed by atoms with Crippen molar-refractivity contribution in [3.8, 4) is 17.0 Å². The summed E-state index contributed by atoms with van der Waals surface area (Å²) in [5.41, 5.74) is 4.97. The molecule has 2 heterocycles. The van der Waals surface area contributed by atoms with Crippen molar-refractivity contribution in [2.24, 2.45) is 0 Å². The molecule has 4 rings (SSSR count). The van der Waals surface area contributed by atoms with Crippen LogP contribution >= 0.6 is 11.3 Å². The van der Waals surface area contributed by atoms with Gasteiger partial charge in [-0.05, 0) is 30.7 Å². The topological polar surface area (TPSA) is 51.7 Å². The van der Waals surface area contributed by atoms with Crippen molar-refractivity contribution in [3.63, 3.8) is 0 Å². The predicted octanol–water partition coefficient (Wildman–Crippen LogP) is 4.23. The number of nitrogens with zero attached hydrogens (tertiary/aromatic N) is 2. The number of amides is 1. The second kappa shape index (κ2) is 8.12. The number of aromatic nitrogens is 1. The lowest BCUT2D eigenvalue weighted by atomic mass is 10.1. The number of thiazole rings is 1. The standard InChI is InChI=1S/C22H22N2O3S/c1-15-3-5-16(6-4-15)12-24-19-11-17(7-8-20(19)27-13-22(24)25)18-14-28-21(23-18)9-10-26-2/h3-8,11,14H,9-10,12-13H2,1-2H3. The first-order chi connectivity index (χ1) is 13.6. The van der Waals surface area contributed by atoms with Crippen LogP contribution in [0.2, 0.25) is 0 Å². The van der Waals surface area contributed by atoms with Crippen molar-refractivity contribution in [1.82, 2.24) is 4.98 Å². The van der Waals surface area contributed by atoms with E-state index >= 15 is 0 Å². The number of benzene rings is 2. The van der Waals surface area contributed by atoms with E-state index in [0.717, 1.165) is 39.7 Å². The molecule has 0 N–H and O–H groups in total. The first-order valence-corrected chi connectivity index (χ1v) is 10.1. The Hall–Kier alpha value is -2.70. The number of carbonyl (C=O) groups is 1. The van der Waals surface area contributed by atoms with Crippen LogP contribution in [0, 0.1) is 6.92 Å². The highest BCUT2D eigenvalue weighted by Crippen LogP contribution is 2.37. The van der Waals surface area contributed by atoms with Gasteiger partial charge in [0.05, 0.1) is 29.5 Å². The van der Waals surface area contributed by atoms with E-state index in [1.54, 1.807) is 23.3 Å². The maximum Gasteiger partial charge on any atom is 0.265 e. The maximum absolute atomic E-state index is 12.6. The van der Waals surface area contributed by atoms with Gasteiger partial charge < -0.3 is 14.4 Å². The van der Waals surface area contributed by atoms with Crippen LogP contribution in [0.25, 0.3) is 11.3 Å². The Kier molecular flexibility index (Phi) is 5.41. The monoisotopic (exact) mass is 394 g/mol. The van der Waals surface area contributed by atoms with Crippen molar-refractivity contribution in [2.75, 3.05) is 25.2 Å². The molecule has 0 saturated carbocycles. The molecule has 0 saturated heterocycles. The number of fused-ring (bicyclic) bond motifs is 1. The van der Waals surface area contributed by atoms with Gasteiger partial charge in [-0.3, -0.25) is 4.79 Å². The molecule has 0 spiro atoms. The van der Waals surface area contributed by atoms with E-state index in [2.05, 4.69) is 31.2 Å². The van der Waals surface area contributed by atoms with Gasteiger partial charge >= 0.3 is 0 Å². The minimum absolute atomic E-state index is 0.0377. The molecule has 1 aliphatic heterocycles. The summed E-state index contributed by atoms with van der Waals surface area (Å²) < 4.78 is 10.8. The highest BCUT2D eigenvalue weighted by Gasteiger charge is 2.26. The molecule has 1 aliphatic rings. The molecule has 3 aromatic rings. The number of rotatable bonds is 6. The second-order valence-electron chi connectivity index (χ2n) is 6.81. The third-order valence-corrected chi connectivity index (χ3v) is 5.64. The summed E-state index contributed by atoms with van der Waals surface area (Å²) in [6.07, 6.45) is 0.799. The molecule has 0 bridgehead atoms. The van der Waals surface area contributed by atoms with E-state index in [4.69, 9.17) is 14.5 Å². The lowest BCUT2D eigenvalue weighted by Gasteiger charge is -2.30. The molecule has 1 amide bonds. The minimum atomic E-state index is -0.0377. The Morgan fingerprint density at radius 2 is 2.04 bits per heavy atom. The third kappa shape index (κ3) is 3.93. The molecule has 0 radical (unpaired) electrons. The molecule has 0 atom stereocenters. The molecule has 0 aliphatic carbocycles.